The van der Waals surface area contributed by atoms with Crippen LogP contribution in [0.1, 0.15) is 31.7 Å². The zero-order chi connectivity index (χ0) is 16.7. The van der Waals surface area contributed by atoms with Gasteiger partial charge in [0.1, 0.15) is 11.8 Å². The van der Waals surface area contributed by atoms with E-state index in [-0.39, 0.29) is 12.1 Å². The van der Waals surface area contributed by atoms with Gasteiger partial charge in [-0.2, -0.15) is 5.26 Å². The van der Waals surface area contributed by atoms with Gasteiger partial charge >= 0.3 is 6.03 Å². The van der Waals surface area contributed by atoms with Gasteiger partial charge in [0.2, 0.25) is 0 Å². The molecule has 1 atom stereocenters. The minimum Gasteiger partial charge on any atom is -0.495 e. The topological polar surface area (TPSA) is 74.6 Å². The summed E-state index contributed by atoms with van der Waals surface area (Å²) in [4.78, 5) is 14.1. The van der Waals surface area contributed by atoms with Crippen molar-refractivity contribution in [2.75, 3.05) is 32.1 Å². The summed E-state index contributed by atoms with van der Waals surface area (Å²) in [5.41, 5.74) is 0.972. The number of benzene rings is 1. The Labute approximate surface area is 137 Å². The molecule has 2 amide bonds. The normalized spacial score (nSPS) is 17.2. The van der Waals surface area contributed by atoms with Crippen molar-refractivity contribution >= 4 is 11.7 Å². The van der Waals surface area contributed by atoms with Crippen LogP contribution in [0.3, 0.4) is 0 Å². The molecule has 6 nitrogen and oxygen atoms in total. The van der Waals surface area contributed by atoms with E-state index in [1.54, 1.807) is 23.1 Å². The van der Waals surface area contributed by atoms with Crippen LogP contribution in [0.2, 0.25) is 0 Å². The molecule has 124 valence electrons. The molecule has 0 unspecified atom stereocenters. The number of rotatable bonds is 5. The molecule has 23 heavy (non-hydrogen) atoms. The predicted molar refractivity (Wildman–Crippen MR) is 87.6 cm³/mol. The fraction of sp³-hybridized carbons (Fsp3) is 0.529. The maximum absolute atomic E-state index is 12.4. The van der Waals surface area contributed by atoms with Crippen LogP contribution in [-0.4, -0.2) is 43.8 Å². The molecule has 1 aliphatic rings. The smallest absolute Gasteiger partial charge is 0.321 e. The average molecular weight is 317 g/mol. The first-order chi connectivity index (χ1) is 11.2. The molecule has 1 aliphatic heterocycles. The van der Waals surface area contributed by atoms with E-state index < -0.39 is 0 Å². The summed E-state index contributed by atoms with van der Waals surface area (Å²) < 4.78 is 10.8. The number of ether oxygens (including phenoxy) is 2. The van der Waals surface area contributed by atoms with Crippen LogP contribution in [0.25, 0.3) is 0 Å². The molecule has 1 aromatic carbocycles. The Bertz CT molecular complexity index is 577. The number of carbonyl (C=O) groups is 1. The molecule has 1 saturated heterocycles. The van der Waals surface area contributed by atoms with Crippen LogP contribution in [0, 0.1) is 11.3 Å². The highest BCUT2D eigenvalue weighted by Crippen LogP contribution is 2.22. The minimum atomic E-state index is -0.185. The van der Waals surface area contributed by atoms with E-state index in [1.165, 1.54) is 7.11 Å². The maximum Gasteiger partial charge on any atom is 0.321 e. The summed E-state index contributed by atoms with van der Waals surface area (Å²) in [5, 5.41) is 11.9. The number of hydrogen-bond acceptors (Lipinski definition) is 4. The fourth-order valence-electron chi connectivity index (χ4n) is 2.63. The third-order valence-corrected chi connectivity index (χ3v) is 3.94. The molecule has 1 fully saturated rings. The highest BCUT2D eigenvalue weighted by atomic mass is 16.5. The molecule has 0 bridgehead atoms. The fourth-order valence-corrected chi connectivity index (χ4v) is 2.63. The number of nitrogens with zero attached hydrogens (tertiary/aromatic N) is 2. The third-order valence-electron chi connectivity index (χ3n) is 3.94. The number of nitriles is 1. The Kier molecular flexibility index (Phi) is 6.24. The number of methoxy groups -OCH3 is 1. The van der Waals surface area contributed by atoms with Gasteiger partial charge in [-0.1, -0.05) is 0 Å². The van der Waals surface area contributed by atoms with Gasteiger partial charge in [0.25, 0.3) is 0 Å². The van der Waals surface area contributed by atoms with Gasteiger partial charge < -0.3 is 19.7 Å². The second-order valence-corrected chi connectivity index (χ2v) is 5.48. The van der Waals surface area contributed by atoms with E-state index >= 15 is 0 Å². The Balaban J connectivity index is 2.00. The summed E-state index contributed by atoms with van der Waals surface area (Å²) in [6.07, 6.45) is 3.34. The second kappa shape index (κ2) is 8.39. The molecule has 0 spiro atoms. The minimum absolute atomic E-state index is 0.111. The van der Waals surface area contributed by atoms with Crippen molar-refractivity contribution in [2.45, 2.75) is 32.3 Å². The number of nitrogens with one attached hydrogen (secondary N) is 1. The maximum atomic E-state index is 12.4. The standard InChI is InChI=1S/C17H23N3O3/c1-3-20(12-15-6-4-5-9-23-15)17(21)19-14-7-8-16(22-2)13(10-14)11-18/h7-8,10,15H,3-6,9,12H2,1-2H3,(H,19,21)/t15-/m1/s1. The number of amides is 2. The molecule has 1 aromatic rings. The highest BCUT2D eigenvalue weighted by molar-refractivity contribution is 5.89. The van der Waals surface area contributed by atoms with E-state index in [0.717, 1.165) is 25.9 Å². The van der Waals surface area contributed by atoms with Gasteiger partial charge in [0, 0.05) is 25.4 Å². The van der Waals surface area contributed by atoms with Crippen molar-refractivity contribution in [3.63, 3.8) is 0 Å². The Morgan fingerprint density at radius 2 is 2.35 bits per heavy atom. The largest absolute Gasteiger partial charge is 0.495 e. The summed E-state index contributed by atoms with van der Waals surface area (Å²) in [6.45, 7) is 3.90. The second-order valence-electron chi connectivity index (χ2n) is 5.48. The summed E-state index contributed by atoms with van der Waals surface area (Å²) >= 11 is 0. The van der Waals surface area contributed by atoms with Gasteiger partial charge in [-0.25, -0.2) is 4.79 Å². The zero-order valence-corrected chi connectivity index (χ0v) is 13.7. The quantitative estimate of drug-likeness (QED) is 0.906. The monoisotopic (exact) mass is 317 g/mol. The number of urea groups is 1. The van der Waals surface area contributed by atoms with Crippen LogP contribution >= 0.6 is 0 Å². The van der Waals surface area contributed by atoms with Crippen molar-refractivity contribution in [3.05, 3.63) is 23.8 Å². The number of hydrogen-bond donors (Lipinski definition) is 1. The van der Waals surface area contributed by atoms with E-state index in [9.17, 15) is 4.79 Å². The molecular formula is C17H23N3O3. The lowest BCUT2D eigenvalue weighted by atomic mass is 10.1. The van der Waals surface area contributed by atoms with E-state index in [2.05, 4.69) is 11.4 Å². The molecule has 2 rings (SSSR count). The predicted octanol–water partition coefficient (Wildman–Crippen LogP) is 2.99. The number of anilines is 1. The lowest BCUT2D eigenvalue weighted by Gasteiger charge is -2.29. The van der Waals surface area contributed by atoms with Gasteiger partial charge in [0.05, 0.1) is 18.8 Å². The van der Waals surface area contributed by atoms with E-state index in [1.807, 2.05) is 6.92 Å². The Morgan fingerprint density at radius 1 is 1.52 bits per heavy atom. The van der Waals surface area contributed by atoms with Gasteiger partial charge in [0.15, 0.2) is 0 Å². The lowest BCUT2D eigenvalue weighted by Crippen LogP contribution is -2.41. The highest BCUT2D eigenvalue weighted by Gasteiger charge is 2.20. The van der Waals surface area contributed by atoms with Crippen molar-refractivity contribution in [1.29, 1.82) is 5.26 Å². The van der Waals surface area contributed by atoms with Crippen molar-refractivity contribution < 1.29 is 14.3 Å². The van der Waals surface area contributed by atoms with Crippen molar-refractivity contribution in [2.24, 2.45) is 0 Å². The first kappa shape index (κ1) is 17.1. The zero-order valence-electron chi connectivity index (χ0n) is 13.7. The lowest BCUT2D eigenvalue weighted by molar-refractivity contribution is 0.00221. The summed E-state index contributed by atoms with van der Waals surface area (Å²) in [5.74, 6) is 0.494. The molecule has 0 radical (unpaired) electrons. The first-order valence-corrected chi connectivity index (χ1v) is 7.93. The van der Waals surface area contributed by atoms with Crippen molar-refractivity contribution in [1.82, 2.24) is 4.90 Å². The Hall–Kier alpha value is -2.26. The van der Waals surface area contributed by atoms with Crippen LogP contribution in [0.5, 0.6) is 5.75 Å². The van der Waals surface area contributed by atoms with Crippen LogP contribution in [-0.2, 0) is 4.74 Å². The molecule has 6 heteroatoms. The SMILES string of the molecule is CCN(C[C@H]1CCCCO1)C(=O)Nc1ccc(OC)c(C#N)c1. The third kappa shape index (κ3) is 4.60. The van der Waals surface area contributed by atoms with Crippen molar-refractivity contribution in [3.8, 4) is 11.8 Å². The van der Waals surface area contributed by atoms with Crippen LogP contribution < -0.4 is 10.1 Å². The van der Waals surface area contributed by atoms with Crippen LogP contribution in [0.15, 0.2) is 18.2 Å². The Morgan fingerprint density at radius 3 is 2.96 bits per heavy atom. The summed E-state index contributed by atoms with van der Waals surface area (Å²) in [7, 11) is 1.51. The molecule has 1 heterocycles. The van der Waals surface area contributed by atoms with E-state index in [0.29, 0.717) is 30.1 Å². The van der Waals surface area contributed by atoms with Gasteiger partial charge in [-0.05, 0) is 44.4 Å². The number of likely N-dealkylation sites (N-methyl/N-ethyl adjacent to an activating group) is 1. The van der Waals surface area contributed by atoms with Gasteiger partial charge in [-0.3, -0.25) is 0 Å². The molecular weight excluding hydrogens is 294 g/mol. The molecule has 0 saturated carbocycles. The van der Waals surface area contributed by atoms with Crippen LogP contribution in [0.4, 0.5) is 10.5 Å². The molecule has 0 aliphatic carbocycles. The van der Waals surface area contributed by atoms with Gasteiger partial charge in [-0.15, -0.1) is 0 Å². The molecule has 0 aromatic heterocycles. The average Bonchev–Trinajstić information content (AvgIpc) is 2.60. The number of carbonyl (C=O) groups excluding carboxylic acids is 1. The van der Waals surface area contributed by atoms with E-state index in [4.69, 9.17) is 14.7 Å². The summed E-state index contributed by atoms with van der Waals surface area (Å²) in [6, 6.07) is 6.89. The first-order valence-electron chi connectivity index (χ1n) is 7.93. The molecule has 1 N–H and O–H groups in total.